The van der Waals surface area contributed by atoms with Gasteiger partial charge in [0.25, 0.3) is 0 Å². The van der Waals surface area contributed by atoms with Crippen molar-refractivity contribution in [1.29, 1.82) is 0 Å². The van der Waals surface area contributed by atoms with Crippen LogP contribution in [0.25, 0.3) is 0 Å². The lowest BCUT2D eigenvalue weighted by molar-refractivity contribution is 0.329. The maximum atomic E-state index is 5.67. The van der Waals surface area contributed by atoms with Gasteiger partial charge in [0.15, 0.2) is 0 Å². The highest BCUT2D eigenvalue weighted by Gasteiger charge is 2.15. The standard InChI is InChI=1S/C15H18ClNO2/c1-10-7-11(15(2,3)4)5-6-13(10)19-14-17-12(8-16)9-18-14/h5-7,9H,8H2,1-4H3. The molecule has 0 atom stereocenters. The van der Waals surface area contributed by atoms with Crippen LogP contribution in [0, 0.1) is 6.92 Å². The summed E-state index contributed by atoms with van der Waals surface area (Å²) < 4.78 is 10.8. The first kappa shape index (κ1) is 13.9. The second-order valence-corrected chi connectivity index (χ2v) is 5.84. The van der Waals surface area contributed by atoms with Gasteiger partial charge >= 0.3 is 6.08 Å². The van der Waals surface area contributed by atoms with Crippen molar-refractivity contribution < 1.29 is 9.15 Å². The first-order valence-electron chi connectivity index (χ1n) is 6.19. The predicted octanol–water partition coefficient (Wildman–Crippen LogP) is 4.81. The first-order valence-corrected chi connectivity index (χ1v) is 6.73. The number of benzene rings is 1. The van der Waals surface area contributed by atoms with Crippen LogP contribution in [-0.4, -0.2) is 4.98 Å². The topological polar surface area (TPSA) is 35.3 Å². The molecule has 0 unspecified atom stereocenters. The second-order valence-electron chi connectivity index (χ2n) is 5.57. The van der Waals surface area contributed by atoms with Crippen LogP contribution in [0.5, 0.6) is 11.8 Å². The SMILES string of the molecule is Cc1cc(C(C)(C)C)ccc1Oc1nc(CCl)co1. The molecule has 102 valence electrons. The number of hydrogen-bond acceptors (Lipinski definition) is 3. The first-order chi connectivity index (χ1) is 8.90. The molecule has 2 rings (SSSR count). The lowest BCUT2D eigenvalue weighted by Gasteiger charge is -2.20. The van der Waals surface area contributed by atoms with E-state index in [9.17, 15) is 0 Å². The summed E-state index contributed by atoms with van der Waals surface area (Å²) in [6.45, 7) is 8.56. The molecule has 0 bridgehead atoms. The molecular formula is C15H18ClNO2. The van der Waals surface area contributed by atoms with E-state index >= 15 is 0 Å². The van der Waals surface area contributed by atoms with Crippen molar-refractivity contribution >= 4 is 11.6 Å². The highest BCUT2D eigenvalue weighted by molar-refractivity contribution is 6.16. The van der Waals surface area contributed by atoms with Crippen molar-refractivity contribution in [1.82, 2.24) is 4.98 Å². The molecule has 0 N–H and O–H groups in total. The fourth-order valence-electron chi connectivity index (χ4n) is 1.72. The summed E-state index contributed by atoms with van der Waals surface area (Å²) in [4.78, 5) is 4.12. The number of nitrogens with zero attached hydrogens (tertiary/aromatic N) is 1. The molecular weight excluding hydrogens is 262 g/mol. The Labute approximate surface area is 118 Å². The zero-order chi connectivity index (χ0) is 14.0. The number of aromatic nitrogens is 1. The van der Waals surface area contributed by atoms with Gasteiger partial charge < -0.3 is 9.15 Å². The Balaban J connectivity index is 2.22. The monoisotopic (exact) mass is 279 g/mol. The molecule has 1 aromatic carbocycles. The van der Waals surface area contributed by atoms with Gasteiger partial charge in [-0.2, -0.15) is 4.98 Å². The predicted molar refractivity (Wildman–Crippen MR) is 76.0 cm³/mol. The molecule has 2 aromatic rings. The summed E-state index contributed by atoms with van der Waals surface area (Å²) in [7, 11) is 0. The van der Waals surface area contributed by atoms with Crippen LogP contribution < -0.4 is 4.74 Å². The van der Waals surface area contributed by atoms with E-state index in [1.807, 2.05) is 13.0 Å². The molecule has 0 aliphatic heterocycles. The minimum absolute atomic E-state index is 0.123. The zero-order valence-electron chi connectivity index (χ0n) is 11.7. The molecule has 0 aliphatic rings. The summed E-state index contributed by atoms with van der Waals surface area (Å²) in [5.74, 6) is 1.06. The summed E-state index contributed by atoms with van der Waals surface area (Å²) >= 11 is 5.67. The lowest BCUT2D eigenvalue weighted by atomic mass is 9.86. The quantitative estimate of drug-likeness (QED) is 0.756. The van der Waals surface area contributed by atoms with Crippen LogP contribution in [0.4, 0.5) is 0 Å². The lowest BCUT2D eigenvalue weighted by Crippen LogP contribution is -2.11. The number of ether oxygens (including phenoxy) is 1. The Bertz CT molecular complexity index is 570. The minimum atomic E-state index is 0.123. The number of alkyl halides is 1. The van der Waals surface area contributed by atoms with Crippen LogP contribution in [0.3, 0.4) is 0 Å². The Morgan fingerprint density at radius 1 is 1.32 bits per heavy atom. The van der Waals surface area contributed by atoms with Crippen LogP contribution >= 0.6 is 11.6 Å². The van der Waals surface area contributed by atoms with Crippen LogP contribution in [0.2, 0.25) is 0 Å². The summed E-state index contributed by atoms with van der Waals surface area (Å²) in [5, 5.41) is 0. The molecule has 0 spiro atoms. The molecule has 19 heavy (non-hydrogen) atoms. The van der Waals surface area contributed by atoms with Gasteiger partial charge in [-0.05, 0) is 29.5 Å². The molecule has 1 heterocycles. The van der Waals surface area contributed by atoms with Gasteiger partial charge in [-0.25, -0.2) is 0 Å². The molecule has 4 heteroatoms. The third kappa shape index (κ3) is 3.29. The highest BCUT2D eigenvalue weighted by Crippen LogP contribution is 2.30. The zero-order valence-corrected chi connectivity index (χ0v) is 12.4. The number of aryl methyl sites for hydroxylation is 1. The van der Waals surface area contributed by atoms with Gasteiger partial charge in [-0.1, -0.05) is 32.9 Å². The third-order valence-electron chi connectivity index (χ3n) is 2.91. The van der Waals surface area contributed by atoms with Crippen molar-refractivity contribution in [3.63, 3.8) is 0 Å². The molecule has 0 amide bonds. The van der Waals surface area contributed by atoms with E-state index < -0.39 is 0 Å². The Morgan fingerprint density at radius 2 is 2.05 bits per heavy atom. The Kier molecular flexibility index (Phi) is 3.85. The van der Waals surface area contributed by atoms with Crippen molar-refractivity contribution in [3.05, 3.63) is 41.3 Å². The summed E-state index contributed by atoms with van der Waals surface area (Å²) in [6, 6.07) is 6.13. The minimum Gasteiger partial charge on any atom is -0.417 e. The van der Waals surface area contributed by atoms with Crippen molar-refractivity contribution in [3.8, 4) is 11.8 Å². The van der Waals surface area contributed by atoms with Gasteiger partial charge in [-0.15, -0.1) is 11.6 Å². The molecule has 0 saturated heterocycles. The maximum Gasteiger partial charge on any atom is 0.399 e. The van der Waals surface area contributed by atoms with Gasteiger partial charge in [0.05, 0.1) is 11.6 Å². The largest absolute Gasteiger partial charge is 0.417 e. The van der Waals surface area contributed by atoms with Gasteiger partial charge in [0.2, 0.25) is 0 Å². The average Bonchev–Trinajstić information content (AvgIpc) is 2.78. The van der Waals surface area contributed by atoms with Gasteiger partial charge in [-0.3, -0.25) is 0 Å². The van der Waals surface area contributed by atoms with Crippen LogP contribution in [0.15, 0.2) is 28.9 Å². The van der Waals surface area contributed by atoms with E-state index in [0.29, 0.717) is 11.6 Å². The average molecular weight is 280 g/mol. The summed E-state index contributed by atoms with van der Waals surface area (Å²) in [5.41, 5.74) is 3.11. The van der Waals surface area contributed by atoms with Crippen LogP contribution in [0.1, 0.15) is 37.6 Å². The smallest absolute Gasteiger partial charge is 0.399 e. The molecule has 1 aromatic heterocycles. The van der Waals surface area contributed by atoms with E-state index in [1.54, 1.807) is 0 Å². The second kappa shape index (κ2) is 5.25. The van der Waals surface area contributed by atoms with Gasteiger partial charge in [0, 0.05) is 0 Å². The van der Waals surface area contributed by atoms with E-state index in [1.165, 1.54) is 11.8 Å². The highest BCUT2D eigenvalue weighted by atomic mass is 35.5. The van der Waals surface area contributed by atoms with E-state index in [2.05, 4.69) is 37.9 Å². The van der Waals surface area contributed by atoms with E-state index in [4.69, 9.17) is 20.8 Å². The van der Waals surface area contributed by atoms with Gasteiger partial charge in [0.1, 0.15) is 12.0 Å². The van der Waals surface area contributed by atoms with Crippen LogP contribution in [-0.2, 0) is 11.3 Å². The summed E-state index contributed by atoms with van der Waals surface area (Å²) in [6.07, 6.45) is 1.73. The molecule has 0 radical (unpaired) electrons. The third-order valence-corrected chi connectivity index (χ3v) is 3.18. The Morgan fingerprint density at radius 3 is 2.58 bits per heavy atom. The molecule has 0 saturated carbocycles. The molecule has 0 aliphatic carbocycles. The van der Waals surface area contributed by atoms with E-state index in [0.717, 1.165) is 11.3 Å². The Hall–Kier alpha value is -1.48. The van der Waals surface area contributed by atoms with Crippen molar-refractivity contribution in [2.45, 2.75) is 39.0 Å². The fraction of sp³-hybridized carbons (Fsp3) is 0.400. The number of hydrogen-bond donors (Lipinski definition) is 0. The fourth-order valence-corrected chi connectivity index (χ4v) is 1.84. The normalized spacial score (nSPS) is 11.6. The van der Waals surface area contributed by atoms with Crippen molar-refractivity contribution in [2.75, 3.05) is 0 Å². The molecule has 0 fully saturated rings. The number of rotatable bonds is 3. The van der Waals surface area contributed by atoms with Crippen molar-refractivity contribution in [2.24, 2.45) is 0 Å². The number of halogens is 1. The van der Waals surface area contributed by atoms with E-state index in [-0.39, 0.29) is 11.5 Å². The molecule has 3 nitrogen and oxygen atoms in total. The maximum absolute atomic E-state index is 5.67. The number of oxazole rings is 1.